The van der Waals surface area contributed by atoms with E-state index in [9.17, 15) is 0 Å². The molecule has 1 heteroatoms. The summed E-state index contributed by atoms with van der Waals surface area (Å²) < 4.78 is 1.09. The van der Waals surface area contributed by atoms with Crippen molar-refractivity contribution in [2.75, 3.05) is 0 Å². The average Bonchev–Trinajstić information content (AvgIpc) is 3.04. The topological polar surface area (TPSA) is 0 Å². The Morgan fingerprint density at radius 3 is 1.59 bits per heavy atom. The van der Waals surface area contributed by atoms with Crippen molar-refractivity contribution in [2.45, 2.75) is 0 Å². The molecule has 0 unspecified atom stereocenters. The molecule has 0 spiro atoms. The van der Waals surface area contributed by atoms with Crippen molar-refractivity contribution in [3.8, 4) is 11.1 Å². The normalized spacial score (nSPS) is 11.8. The first kappa shape index (κ1) is 16.3. The summed E-state index contributed by atoms with van der Waals surface area (Å²) in [4.78, 5) is 0. The Morgan fingerprint density at radius 1 is 0.481 bits per heavy atom. The van der Waals surface area contributed by atoms with Crippen LogP contribution >= 0.6 is 15.9 Å². The first-order chi connectivity index (χ1) is 13.3. The minimum absolute atomic E-state index is 1.09. The molecule has 0 bridgehead atoms. The third-order valence-electron chi connectivity index (χ3n) is 5.11. The molecular weight excluding hydrogens is 392 g/mol. The standard InChI is InChI=1S/C26H17Br/c27-20-12-8-11-19(17-20)25(18-9-2-1-3-10-18)26-23-15-6-4-13-21(23)22-14-5-7-16-24(22)26/h1-17H. The van der Waals surface area contributed by atoms with Gasteiger partial charge in [0.15, 0.2) is 0 Å². The molecular formula is C26H17Br. The van der Waals surface area contributed by atoms with Crippen LogP contribution in [0.4, 0.5) is 0 Å². The van der Waals surface area contributed by atoms with Gasteiger partial charge >= 0.3 is 0 Å². The van der Waals surface area contributed by atoms with Gasteiger partial charge in [-0.3, -0.25) is 0 Å². The summed E-state index contributed by atoms with van der Waals surface area (Å²) in [5.74, 6) is 0. The Morgan fingerprint density at radius 2 is 1.00 bits per heavy atom. The van der Waals surface area contributed by atoms with Crippen LogP contribution in [-0.2, 0) is 0 Å². The van der Waals surface area contributed by atoms with Crippen LogP contribution in [0, 0.1) is 0 Å². The molecule has 4 aromatic carbocycles. The average molecular weight is 409 g/mol. The molecule has 0 fully saturated rings. The second-order valence-electron chi connectivity index (χ2n) is 6.72. The molecule has 128 valence electrons. The maximum atomic E-state index is 3.65. The summed E-state index contributed by atoms with van der Waals surface area (Å²) in [7, 11) is 0. The van der Waals surface area contributed by atoms with Crippen LogP contribution in [0.1, 0.15) is 22.3 Å². The second kappa shape index (κ2) is 6.68. The Bertz CT molecular complexity index is 1120. The molecule has 0 nitrogen and oxygen atoms in total. The van der Waals surface area contributed by atoms with E-state index in [1.807, 2.05) is 0 Å². The van der Waals surface area contributed by atoms with Crippen LogP contribution < -0.4 is 0 Å². The number of hydrogen-bond donors (Lipinski definition) is 0. The molecule has 0 saturated heterocycles. The molecule has 5 rings (SSSR count). The molecule has 4 aromatic rings. The Labute approximate surface area is 168 Å². The molecule has 0 aliphatic heterocycles. The number of rotatable bonds is 2. The van der Waals surface area contributed by atoms with Crippen molar-refractivity contribution < 1.29 is 0 Å². The van der Waals surface area contributed by atoms with Gasteiger partial charge in [0.25, 0.3) is 0 Å². The van der Waals surface area contributed by atoms with Crippen molar-refractivity contribution in [1.29, 1.82) is 0 Å². The largest absolute Gasteiger partial charge is 0.0622 e. The molecule has 0 atom stereocenters. The molecule has 1 aliphatic carbocycles. The maximum absolute atomic E-state index is 3.65. The van der Waals surface area contributed by atoms with E-state index in [4.69, 9.17) is 0 Å². The molecule has 27 heavy (non-hydrogen) atoms. The van der Waals surface area contributed by atoms with Crippen molar-refractivity contribution in [2.24, 2.45) is 0 Å². The van der Waals surface area contributed by atoms with Crippen molar-refractivity contribution in [1.82, 2.24) is 0 Å². The zero-order valence-corrected chi connectivity index (χ0v) is 16.3. The molecule has 0 heterocycles. The summed E-state index contributed by atoms with van der Waals surface area (Å²) in [6.07, 6.45) is 0. The Hall–Kier alpha value is -2.90. The molecule has 1 aliphatic rings. The minimum Gasteiger partial charge on any atom is -0.0622 e. The van der Waals surface area contributed by atoms with Gasteiger partial charge in [0.05, 0.1) is 0 Å². The van der Waals surface area contributed by atoms with Gasteiger partial charge in [0.1, 0.15) is 0 Å². The van der Waals surface area contributed by atoms with Gasteiger partial charge in [-0.2, -0.15) is 0 Å². The van der Waals surface area contributed by atoms with Crippen LogP contribution in [0.2, 0.25) is 0 Å². The van der Waals surface area contributed by atoms with Crippen molar-refractivity contribution in [3.63, 3.8) is 0 Å². The quantitative estimate of drug-likeness (QED) is 0.284. The highest BCUT2D eigenvalue weighted by atomic mass is 79.9. The van der Waals surface area contributed by atoms with Crippen LogP contribution in [0.25, 0.3) is 22.3 Å². The van der Waals surface area contributed by atoms with E-state index in [2.05, 4.69) is 119 Å². The predicted octanol–water partition coefficient (Wildman–Crippen LogP) is 7.44. The number of fused-ring (bicyclic) bond motifs is 3. The fourth-order valence-electron chi connectivity index (χ4n) is 3.99. The van der Waals surface area contributed by atoms with Crippen molar-refractivity contribution >= 4 is 27.1 Å². The maximum Gasteiger partial charge on any atom is 0.0181 e. The zero-order chi connectivity index (χ0) is 18.2. The Kier molecular flexibility index (Phi) is 4.03. The third kappa shape index (κ3) is 2.75. The molecule has 0 radical (unpaired) electrons. The van der Waals surface area contributed by atoms with Gasteiger partial charge < -0.3 is 0 Å². The van der Waals surface area contributed by atoms with Gasteiger partial charge in [0, 0.05) is 4.47 Å². The number of hydrogen-bond acceptors (Lipinski definition) is 0. The lowest BCUT2D eigenvalue weighted by Gasteiger charge is -2.15. The van der Waals surface area contributed by atoms with Gasteiger partial charge in [-0.15, -0.1) is 0 Å². The van der Waals surface area contributed by atoms with Gasteiger partial charge in [-0.05, 0) is 56.7 Å². The smallest absolute Gasteiger partial charge is 0.0181 e. The first-order valence-electron chi connectivity index (χ1n) is 9.08. The monoisotopic (exact) mass is 408 g/mol. The highest BCUT2D eigenvalue weighted by molar-refractivity contribution is 9.10. The van der Waals surface area contributed by atoms with E-state index < -0.39 is 0 Å². The SMILES string of the molecule is Brc1cccc(C(=C2c3ccccc3-c3ccccc32)c2ccccc2)c1. The Balaban J connectivity index is 1.93. The summed E-state index contributed by atoms with van der Waals surface area (Å²) in [6.45, 7) is 0. The van der Waals surface area contributed by atoms with E-state index >= 15 is 0 Å². The molecule has 0 amide bonds. The third-order valence-corrected chi connectivity index (χ3v) is 5.60. The van der Waals surface area contributed by atoms with E-state index in [0.29, 0.717) is 0 Å². The summed E-state index contributed by atoms with van der Waals surface area (Å²) in [6, 6.07) is 36.7. The fourth-order valence-corrected chi connectivity index (χ4v) is 4.39. The van der Waals surface area contributed by atoms with E-state index in [-0.39, 0.29) is 0 Å². The predicted molar refractivity (Wildman–Crippen MR) is 117 cm³/mol. The molecule has 0 aromatic heterocycles. The highest BCUT2D eigenvalue weighted by Crippen LogP contribution is 2.48. The van der Waals surface area contributed by atoms with Gasteiger partial charge in [-0.1, -0.05) is 107 Å². The summed E-state index contributed by atoms with van der Waals surface area (Å²) >= 11 is 3.65. The van der Waals surface area contributed by atoms with Gasteiger partial charge in [0.2, 0.25) is 0 Å². The lowest BCUT2D eigenvalue weighted by atomic mass is 9.88. The lowest BCUT2D eigenvalue weighted by molar-refractivity contribution is 1.52. The first-order valence-corrected chi connectivity index (χ1v) is 9.87. The van der Waals surface area contributed by atoms with E-state index in [1.54, 1.807) is 0 Å². The van der Waals surface area contributed by atoms with Crippen LogP contribution in [0.3, 0.4) is 0 Å². The van der Waals surface area contributed by atoms with Crippen LogP contribution in [0.5, 0.6) is 0 Å². The number of benzene rings is 4. The van der Waals surface area contributed by atoms with Crippen molar-refractivity contribution in [3.05, 3.63) is 130 Å². The fraction of sp³-hybridized carbons (Fsp3) is 0. The van der Waals surface area contributed by atoms with Crippen LogP contribution in [0.15, 0.2) is 108 Å². The van der Waals surface area contributed by atoms with E-state index in [1.165, 1.54) is 44.5 Å². The highest BCUT2D eigenvalue weighted by Gasteiger charge is 2.26. The molecule has 0 N–H and O–H groups in total. The minimum atomic E-state index is 1.09. The number of halogens is 1. The lowest BCUT2D eigenvalue weighted by Crippen LogP contribution is -1.94. The van der Waals surface area contributed by atoms with E-state index in [0.717, 1.165) is 4.47 Å². The summed E-state index contributed by atoms with van der Waals surface area (Å²) in [5.41, 5.74) is 10.3. The summed E-state index contributed by atoms with van der Waals surface area (Å²) in [5, 5.41) is 0. The van der Waals surface area contributed by atoms with Crippen LogP contribution in [-0.4, -0.2) is 0 Å². The molecule has 0 saturated carbocycles. The zero-order valence-electron chi connectivity index (χ0n) is 14.7. The van der Waals surface area contributed by atoms with Gasteiger partial charge in [-0.25, -0.2) is 0 Å². The second-order valence-corrected chi connectivity index (χ2v) is 7.63.